The summed E-state index contributed by atoms with van der Waals surface area (Å²) in [4.78, 5) is 0. The molecule has 0 bridgehead atoms. The van der Waals surface area contributed by atoms with E-state index in [1.54, 1.807) is 19.1 Å². The molecule has 0 fully saturated rings. The van der Waals surface area contributed by atoms with Crippen LogP contribution in [0.25, 0.3) is 0 Å². The molecule has 0 aliphatic carbocycles. The lowest BCUT2D eigenvalue weighted by atomic mass is 10.1. The Hall–Kier alpha value is -0.450. The number of rotatable bonds is 3. The first-order chi connectivity index (χ1) is 7.71. The molecule has 0 spiro atoms. The average Bonchev–Trinajstić information content (AvgIpc) is 2.15. The smallest absolute Gasteiger partial charge is 0.129 e. The first kappa shape index (κ1) is 14.6. The van der Waals surface area contributed by atoms with Gasteiger partial charge in [-0.15, -0.1) is 0 Å². The van der Waals surface area contributed by atoms with Crippen molar-refractivity contribution < 1.29 is 8.60 Å². The van der Waals surface area contributed by atoms with Gasteiger partial charge in [0.1, 0.15) is 5.82 Å². The Morgan fingerprint density at radius 1 is 1.41 bits per heavy atom. The Bertz CT molecular complexity index is 431. The predicted molar refractivity (Wildman–Crippen MR) is 70.9 cm³/mol. The molecule has 17 heavy (non-hydrogen) atoms. The molecule has 0 amide bonds. The Kier molecular flexibility index (Phi) is 4.69. The summed E-state index contributed by atoms with van der Waals surface area (Å²) in [7, 11) is -1.23. The quantitative estimate of drug-likeness (QED) is 0.899. The normalized spacial score (nSPS) is 15.6. The molecule has 0 heterocycles. The summed E-state index contributed by atoms with van der Waals surface area (Å²) in [6.45, 7) is 7.36. The molecule has 0 aromatic heterocycles. The fourth-order valence-electron chi connectivity index (χ4n) is 1.25. The van der Waals surface area contributed by atoms with E-state index in [2.05, 4.69) is 4.72 Å². The van der Waals surface area contributed by atoms with E-state index >= 15 is 0 Å². The van der Waals surface area contributed by atoms with Crippen molar-refractivity contribution in [3.05, 3.63) is 34.6 Å². The van der Waals surface area contributed by atoms with E-state index in [4.69, 9.17) is 11.6 Å². The molecule has 96 valence electrons. The lowest BCUT2D eigenvalue weighted by Gasteiger charge is -2.22. The predicted octanol–water partition coefficient (Wildman–Crippen LogP) is 3.59. The van der Waals surface area contributed by atoms with Crippen LogP contribution in [0.15, 0.2) is 18.2 Å². The zero-order valence-electron chi connectivity index (χ0n) is 10.4. The second-order valence-electron chi connectivity index (χ2n) is 4.89. The third kappa shape index (κ3) is 4.05. The van der Waals surface area contributed by atoms with Crippen molar-refractivity contribution in [2.75, 3.05) is 0 Å². The third-order valence-corrected chi connectivity index (χ3v) is 4.18. The number of benzene rings is 1. The summed E-state index contributed by atoms with van der Waals surface area (Å²) in [5, 5.41) is 0.357. The molecule has 1 unspecified atom stereocenters. The van der Waals surface area contributed by atoms with Crippen molar-refractivity contribution in [2.45, 2.75) is 38.5 Å². The summed E-state index contributed by atoms with van der Waals surface area (Å²) in [5.41, 5.74) is 0.465. The van der Waals surface area contributed by atoms with Crippen LogP contribution in [-0.2, 0) is 11.0 Å². The second-order valence-corrected chi connectivity index (χ2v) is 7.32. The zero-order chi connectivity index (χ0) is 13.2. The van der Waals surface area contributed by atoms with Crippen molar-refractivity contribution in [1.29, 1.82) is 0 Å². The van der Waals surface area contributed by atoms with E-state index in [1.165, 1.54) is 6.07 Å². The maximum atomic E-state index is 13.6. The Morgan fingerprint density at radius 2 is 2.00 bits per heavy atom. The van der Waals surface area contributed by atoms with E-state index in [0.717, 1.165) is 0 Å². The minimum Gasteiger partial charge on any atom is -0.242 e. The highest BCUT2D eigenvalue weighted by Crippen LogP contribution is 2.22. The van der Waals surface area contributed by atoms with Crippen LogP contribution < -0.4 is 4.72 Å². The highest BCUT2D eigenvalue weighted by Gasteiger charge is 2.22. The van der Waals surface area contributed by atoms with Gasteiger partial charge in [-0.05, 0) is 39.8 Å². The zero-order valence-corrected chi connectivity index (χ0v) is 12.0. The van der Waals surface area contributed by atoms with Crippen LogP contribution in [0, 0.1) is 5.82 Å². The molecule has 2 atom stereocenters. The first-order valence-corrected chi connectivity index (χ1v) is 6.87. The summed E-state index contributed by atoms with van der Waals surface area (Å²) in [5.74, 6) is -0.386. The van der Waals surface area contributed by atoms with E-state index in [-0.39, 0.29) is 16.6 Å². The van der Waals surface area contributed by atoms with Gasteiger partial charge >= 0.3 is 0 Å². The first-order valence-electron chi connectivity index (χ1n) is 5.35. The standard InChI is InChI=1S/C12H17ClFNOS/c1-8(15-17(16)12(2,3)4)10-6-5-9(13)7-11(10)14/h5-8,15H,1-4H3/t8-,17?/m1/s1. The maximum absolute atomic E-state index is 13.6. The van der Waals surface area contributed by atoms with Gasteiger partial charge < -0.3 is 0 Å². The SMILES string of the molecule is C[C@@H](NS(=O)C(C)(C)C)c1ccc(Cl)cc1F. The summed E-state index contributed by atoms with van der Waals surface area (Å²) in [6, 6.07) is 4.16. The van der Waals surface area contributed by atoms with Crippen LogP contribution in [0.2, 0.25) is 5.02 Å². The molecular formula is C12H17ClFNOS. The molecule has 1 N–H and O–H groups in total. The molecule has 2 nitrogen and oxygen atoms in total. The van der Waals surface area contributed by atoms with Gasteiger partial charge in [-0.2, -0.15) is 0 Å². The topological polar surface area (TPSA) is 29.1 Å². The minimum atomic E-state index is -1.23. The van der Waals surface area contributed by atoms with Gasteiger partial charge in [0.2, 0.25) is 0 Å². The van der Waals surface area contributed by atoms with E-state index in [1.807, 2.05) is 20.8 Å². The van der Waals surface area contributed by atoms with Crippen LogP contribution in [0.4, 0.5) is 4.39 Å². The Balaban J connectivity index is 2.84. The van der Waals surface area contributed by atoms with Crippen LogP contribution >= 0.6 is 11.6 Å². The highest BCUT2D eigenvalue weighted by molar-refractivity contribution is 7.84. The molecule has 1 aromatic rings. The van der Waals surface area contributed by atoms with Crippen LogP contribution in [0.1, 0.15) is 39.3 Å². The summed E-state index contributed by atoms with van der Waals surface area (Å²) >= 11 is 5.68. The van der Waals surface area contributed by atoms with E-state index < -0.39 is 11.0 Å². The van der Waals surface area contributed by atoms with Gasteiger partial charge in [0.15, 0.2) is 0 Å². The van der Waals surface area contributed by atoms with E-state index in [0.29, 0.717) is 10.6 Å². The van der Waals surface area contributed by atoms with Crippen LogP contribution in [0.3, 0.4) is 0 Å². The van der Waals surface area contributed by atoms with Gasteiger partial charge in [-0.25, -0.2) is 13.3 Å². The largest absolute Gasteiger partial charge is 0.242 e. The van der Waals surface area contributed by atoms with Crippen molar-refractivity contribution >= 4 is 22.6 Å². The van der Waals surface area contributed by atoms with Crippen molar-refractivity contribution in [3.8, 4) is 0 Å². The van der Waals surface area contributed by atoms with Crippen molar-refractivity contribution in [2.24, 2.45) is 0 Å². The molecule has 1 aromatic carbocycles. The van der Waals surface area contributed by atoms with Crippen LogP contribution in [0.5, 0.6) is 0 Å². The molecule has 0 aliphatic rings. The second kappa shape index (κ2) is 5.46. The average molecular weight is 278 g/mol. The molecular weight excluding hydrogens is 261 g/mol. The number of hydrogen-bond donors (Lipinski definition) is 1. The van der Waals surface area contributed by atoms with Gasteiger partial charge in [0.05, 0.1) is 15.7 Å². The fourth-order valence-corrected chi connectivity index (χ4v) is 2.21. The Labute approximate surface area is 109 Å². The number of hydrogen-bond acceptors (Lipinski definition) is 1. The summed E-state index contributed by atoms with van der Waals surface area (Å²) in [6.07, 6.45) is 0. The van der Waals surface area contributed by atoms with Gasteiger partial charge in [-0.3, -0.25) is 0 Å². The highest BCUT2D eigenvalue weighted by atomic mass is 35.5. The van der Waals surface area contributed by atoms with Gasteiger partial charge in [0.25, 0.3) is 0 Å². The summed E-state index contributed by atoms with van der Waals surface area (Å²) < 4.78 is 28.0. The molecule has 0 saturated heterocycles. The third-order valence-electron chi connectivity index (χ3n) is 2.27. The molecule has 0 radical (unpaired) electrons. The minimum absolute atomic E-state index is 0.327. The van der Waals surface area contributed by atoms with E-state index in [9.17, 15) is 8.60 Å². The number of nitrogens with one attached hydrogen (secondary N) is 1. The number of halogens is 2. The molecule has 1 rings (SSSR count). The van der Waals surface area contributed by atoms with Gasteiger partial charge in [-0.1, -0.05) is 17.7 Å². The lowest BCUT2D eigenvalue weighted by Crippen LogP contribution is -2.35. The van der Waals surface area contributed by atoms with Gasteiger partial charge in [0, 0.05) is 16.6 Å². The van der Waals surface area contributed by atoms with Crippen LogP contribution in [-0.4, -0.2) is 8.96 Å². The maximum Gasteiger partial charge on any atom is 0.129 e. The van der Waals surface area contributed by atoms with Crippen molar-refractivity contribution in [1.82, 2.24) is 4.72 Å². The monoisotopic (exact) mass is 277 g/mol. The molecule has 5 heteroatoms. The lowest BCUT2D eigenvalue weighted by molar-refractivity contribution is 0.572. The Morgan fingerprint density at radius 3 is 2.47 bits per heavy atom. The fraction of sp³-hybridized carbons (Fsp3) is 0.500. The molecule has 0 aliphatic heterocycles. The van der Waals surface area contributed by atoms with Crippen molar-refractivity contribution in [3.63, 3.8) is 0 Å². The molecule has 0 saturated carbocycles.